The lowest BCUT2D eigenvalue weighted by molar-refractivity contribution is -0.139. The van der Waals surface area contributed by atoms with Gasteiger partial charge in [0.25, 0.3) is 0 Å². The van der Waals surface area contributed by atoms with Crippen LogP contribution >= 0.6 is 15.9 Å². The summed E-state index contributed by atoms with van der Waals surface area (Å²) in [4.78, 5) is 11.0. The number of nitrogens with zero attached hydrogens (tertiary/aromatic N) is 1. The van der Waals surface area contributed by atoms with Crippen molar-refractivity contribution in [1.29, 1.82) is 5.26 Å². The second-order valence-electron chi connectivity index (χ2n) is 2.76. The molecule has 0 aliphatic heterocycles. The van der Waals surface area contributed by atoms with Crippen LogP contribution in [0.1, 0.15) is 11.1 Å². The second kappa shape index (κ2) is 4.89. The highest BCUT2D eigenvalue weighted by Crippen LogP contribution is 2.24. The number of carbonyl (C=O) groups excluding carboxylic acids is 1. The Morgan fingerprint density at radius 1 is 1.67 bits per heavy atom. The number of nitriles is 1. The Morgan fingerprint density at radius 3 is 2.87 bits per heavy atom. The molecule has 0 radical (unpaired) electrons. The van der Waals surface area contributed by atoms with Crippen molar-refractivity contribution < 1.29 is 13.9 Å². The number of methoxy groups -OCH3 is 1. The lowest BCUT2D eigenvalue weighted by atomic mass is 10.1. The minimum absolute atomic E-state index is 0.0281. The van der Waals surface area contributed by atoms with Gasteiger partial charge in [-0.15, -0.1) is 0 Å². The maximum absolute atomic E-state index is 13.4. The van der Waals surface area contributed by atoms with Crippen LogP contribution < -0.4 is 0 Å². The number of esters is 1. The number of hydrogen-bond acceptors (Lipinski definition) is 3. The zero-order chi connectivity index (χ0) is 11.4. The molecule has 0 aliphatic carbocycles. The monoisotopic (exact) mass is 271 g/mol. The Kier molecular flexibility index (Phi) is 3.81. The minimum Gasteiger partial charge on any atom is -0.469 e. The number of carbonyl (C=O) groups is 1. The molecule has 1 aromatic carbocycles. The maximum Gasteiger partial charge on any atom is 0.310 e. The molecule has 0 amide bonds. The molecule has 1 aromatic rings. The van der Waals surface area contributed by atoms with E-state index in [1.807, 2.05) is 0 Å². The van der Waals surface area contributed by atoms with Crippen LogP contribution in [0, 0.1) is 17.1 Å². The van der Waals surface area contributed by atoms with Crippen molar-refractivity contribution >= 4 is 21.9 Å². The number of benzene rings is 1. The van der Waals surface area contributed by atoms with Gasteiger partial charge >= 0.3 is 5.97 Å². The van der Waals surface area contributed by atoms with Crippen molar-refractivity contribution in [3.8, 4) is 6.07 Å². The highest BCUT2D eigenvalue weighted by Gasteiger charge is 2.13. The lowest BCUT2D eigenvalue weighted by Crippen LogP contribution is -2.06. The summed E-state index contributed by atoms with van der Waals surface area (Å²) >= 11 is 3.00. The third kappa shape index (κ3) is 2.54. The average Bonchev–Trinajstić information content (AvgIpc) is 2.25. The minimum atomic E-state index is -0.654. The normalized spacial score (nSPS) is 9.47. The summed E-state index contributed by atoms with van der Waals surface area (Å²) in [6.07, 6.45) is -0.0281. The summed E-state index contributed by atoms with van der Waals surface area (Å²) in [6.45, 7) is 0. The fourth-order valence-corrected chi connectivity index (χ4v) is 1.53. The van der Waals surface area contributed by atoms with Gasteiger partial charge in [-0.3, -0.25) is 4.79 Å². The van der Waals surface area contributed by atoms with E-state index in [0.717, 1.165) is 0 Å². The summed E-state index contributed by atoms with van der Waals surface area (Å²) in [5.41, 5.74) is 0.397. The molecule has 0 aliphatic rings. The van der Waals surface area contributed by atoms with Gasteiger partial charge in [0.15, 0.2) is 5.82 Å². The Balaban J connectivity index is 3.08. The van der Waals surface area contributed by atoms with E-state index < -0.39 is 11.8 Å². The van der Waals surface area contributed by atoms with Gasteiger partial charge in [-0.2, -0.15) is 5.26 Å². The van der Waals surface area contributed by atoms with Crippen LogP contribution in [0.5, 0.6) is 0 Å². The zero-order valence-corrected chi connectivity index (χ0v) is 9.47. The lowest BCUT2D eigenvalue weighted by Gasteiger charge is -2.04. The van der Waals surface area contributed by atoms with Crippen LogP contribution in [0.2, 0.25) is 0 Å². The van der Waals surface area contributed by atoms with Crippen molar-refractivity contribution in [3.63, 3.8) is 0 Å². The van der Waals surface area contributed by atoms with Gasteiger partial charge in [0.1, 0.15) is 6.07 Å². The summed E-state index contributed by atoms with van der Waals surface area (Å²) < 4.78 is 18.0. The number of hydrogen-bond donors (Lipinski definition) is 0. The smallest absolute Gasteiger partial charge is 0.310 e. The molecule has 0 spiro atoms. The van der Waals surface area contributed by atoms with Crippen molar-refractivity contribution in [2.45, 2.75) is 6.42 Å². The molecular weight excluding hydrogens is 265 g/mol. The largest absolute Gasteiger partial charge is 0.469 e. The van der Waals surface area contributed by atoms with E-state index in [-0.39, 0.29) is 16.5 Å². The molecule has 0 saturated heterocycles. The average molecular weight is 272 g/mol. The molecule has 0 fully saturated rings. The molecule has 0 bridgehead atoms. The topological polar surface area (TPSA) is 50.1 Å². The van der Waals surface area contributed by atoms with Gasteiger partial charge in [-0.1, -0.05) is 6.07 Å². The van der Waals surface area contributed by atoms with E-state index in [9.17, 15) is 9.18 Å². The first-order valence-electron chi connectivity index (χ1n) is 4.04. The Labute approximate surface area is 94.6 Å². The molecule has 0 heterocycles. The third-order valence-corrected chi connectivity index (χ3v) is 2.70. The summed E-state index contributed by atoms with van der Waals surface area (Å²) in [7, 11) is 1.26. The Morgan fingerprint density at radius 2 is 2.33 bits per heavy atom. The van der Waals surface area contributed by atoms with Gasteiger partial charge < -0.3 is 4.74 Å². The van der Waals surface area contributed by atoms with Gasteiger partial charge in [-0.25, -0.2) is 4.39 Å². The summed E-state index contributed by atoms with van der Waals surface area (Å²) in [6, 6.07) is 4.56. The standard InChI is InChI=1S/C10H7BrFNO2/c1-15-8(14)4-6-2-3-7(5-13)10(12)9(6)11/h2-3H,4H2,1H3. The Hall–Kier alpha value is -1.41. The van der Waals surface area contributed by atoms with E-state index in [1.165, 1.54) is 19.2 Å². The van der Waals surface area contributed by atoms with Crippen LogP contribution in [0.25, 0.3) is 0 Å². The molecule has 0 atom stereocenters. The molecule has 0 saturated carbocycles. The third-order valence-electron chi connectivity index (χ3n) is 1.85. The van der Waals surface area contributed by atoms with Crippen LogP contribution in [-0.4, -0.2) is 13.1 Å². The van der Waals surface area contributed by atoms with Gasteiger partial charge in [-0.05, 0) is 27.6 Å². The van der Waals surface area contributed by atoms with Crippen LogP contribution in [0.4, 0.5) is 4.39 Å². The molecule has 0 N–H and O–H groups in total. The first-order chi connectivity index (χ1) is 7.10. The van der Waals surface area contributed by atoms with Gasteiger partial charge in [0, 0.05) is 0 Å². The molecule has 78 valence electrons. The maximum atomic E-state index is 13.4. The molecule has 15 heavy (non-hydrogen) atoms. The molecule has 0 unspecified atom stereocenters. The fourth-order valence-electron chi connectivity index (χ4n) is 1.04. The quantitative estimate of drug-likeness (QED) is 0.775. The first kappa shape index (κ1) is 11.7. The molecule has 0 aromatic heterocycles. The summed E-state index contributed by atoms with van der Waals surface area (Å²) in [5.74, 6) is -1.11. The molecule has 3 nitrogen and oxygen atoms in total. The van der Waals surface area contributed by atoms with E-state index in [2.05, 4.69) is 20.7 Å². The molecular formula is C10H7BrFNO2. The highest BCUT2D eigenvalue weighted by molar-refractivity contribution is 9.10. The Bertz CT molecular complexity index is 440. The van der Waals surface area contributed by atoms with Crippen molar-refractivity contribution in [2.24, 2.45) is 0 Å². The zero-order valence-electron chi connectivity index (χ0n) is 7.88. The van der Waals surface area contributed by atoms with Gasteiger partial charge in [0.05, 0.1) is 23.6 Å². The molecule has 1 rings (SSSR count). The predicted molar refractivity (Wildman–Crippen MR) is 54.5 cm³/mol. The fraction of sp³-hybridized carbons (Fsp3) is 0.200. The van der Waals surface area contributed by atoms with Crippen molar-refractivity contribution in [2.75, 3.05) is 7.11 Å². The van der Waals surface area contributed by atoms with Crippen LogP contribution in [-0.2, 0) is 16.0 Å². The predicted octanol–water partition coefficient (Wildman–Crippen LogP) is 2.18. The SMILES string of the molecule is COC(=O)Cc1ccc(C#N)c(F)c1Br. The number of halogens is 2. The second-order valence-corrected chi connectivity index (χ2v) is 3.56. The van der Waals surface area contributed by atoms with Crippen LogP contribution in [0.15, 0.2) is 16.6 Å². The number of ether oxygens (including phenoxy) is 1. The van der Waals surface area contributed by atoms with Crippen molar-refractivity contribution in [3.05, 3.63) is 33.5 Å². The summed E-state index contributed by atoms with van der Waals surface area (Å²) in [5, 5.41) is 8.56. The van der Waals surface area contributed by atoms with E-state index >= 15 is 0 Å². The first-order valence-corrected chi connectivity index (χ1v) is 4.83. The molecule has 5 heteroatoms. The highest BCUT2D eigenvalue weighted by atomic mass is 79.9. The van der Waals surface area contributed by atoms with E-state index in [0.29, 0.717) is 5.56 Å². The van der Waals surface area contributed by atoms with Crippen LogP contribution in [0.3, 0.4) is 0 Å². The van der Waals surface area contributed by atoms with E-state index in [1.54, 1.807) is 6.07 Å². The number of rotatable bonds is 2. The van der Waals surface area contributed by atoms with Gasteiger partial charge in [0.2, 0.25) is 0 Å². The van der Waals surface area contributed by atoms with Crippen molar-refractivity contribution in [1.82, 2.24) is 0 Å². The van der Waals surface area contributed by atoms with E-state index in [4.69, 9.17) is 5.26 Å².